The summed E-state index contributed by atoms with van der Waals surface area (Å²) >= 11 is 3.24. The Kier molecular flexibility index (Phi) is 5.75. The first-order chi connectivity index (χ1) is 11.0. The minimum Gasteiger partial charge on any atom is -0.461 e. The van der Waals surface area contributed by atoms with Crippen molar-refractivity contribution in [2.45, 2.75) is 13.5 Å². The lowest BCUT2D eigenvalue weighted by Gasteiger charge is -2.07. The molecule has 0 spiro atoms. The normalized spacial score (nSPS) is 10.2. The molecule has 1 N–H and O–H groups in total. The number of benzene rings is 1. The molecular formula is C15H16BrN3O4. The molecule has 2 rings (SSSR count). The predicted octanol–water partition coefficient (Wildman–Crippen LogP) is 3.11. The number of aryl methyl sites for hydroxylation is 1. The number of amides is 1. The van der Waals surface area contributed by atoms with Crippen LogP contribution in [0.2, 0.25) is 0 Å². The van der Waals surface area contributed by atoms with Crippen molar-refractivity contribution in [1.29, 1.82) is 0 Å². The van der Waals surface area contributed by atoms with Crippen molar-refractivity contribution in [2.24, 2.45) is 7.05 Å². The van der Waals surface area contributed by atoms with Gasteiger partial charge in [0.15, 0.2) is 5.69 Å². The summed E-state index contributed by atoms with van der Waals surface area (Å²) in [6, 6.07) is 9.31. The fourth-order valence-corrected chi connectivity index (χ4v) is 2.42. The van der Waals surface area contributed by atoms with Gasteiger partial charge in [-0.1, -0.05) is 30.3 Å². The van der Waals surface area contributed by atoms with E-state index in [-0.39, 0.29) is 18.9 Å². The van der Waals surface area contributed by atoms with Gasteiger partial charge in [-0.05, 0) is 28.4 Å². The van der Waals surface area contributed by atoms with E-state index in [2.05, 4.69) is 26.3 Å². The Morgan fingerprint density at radius 3 is 2.61 bits per heavy atom. The second-order valence-corrected chi connectivity index (χ2v) is 5.34. The third-order valence-electron chi connectivity index (χ3n) is 2.89. The lowest BCUT2D eigenvalue weighted by Crippen LogP contribution is -2.16. The first kappa shape index (κ1) is 17.0. The Bertz CT molecular complexity index is 700. The van der Waals surface area contributed by atoms with Gasteiger partial charge >= 0.3 is 12.1 Å². The molecule has 7 nitrogen and oxygen atoms in total. The molecule has 0 aliphatic carbocycles. The van der Waals surface area contributed by atoms with Gasteiger partial charge < -0.3 is 9.47 Å². The van der Waals surface area contributed by atoms with Crippen LogP contribution in [0, 0.1) is 0 Å². The number of nitrogens with one attached hydrogen (secondary N) is 1. The lowest BCUT2D eigenvalue weighted by molar-refractivity contribution is 0.0517. The number of aromatic nitrogens is 2. The minimum atomic E-state index is -0.645. The Labute approximate surface area is 141 Å². The topological polar surface area (TPSA) is 82.5 Å². The second kappa shape index (κ2) is 7.77. The quantitative estimate of drug-likeness (QED) is 0.804. The van der Waals surface area contributed by atoms with Crippen molar-refractivity contribution in [1.82, 2.24) is 9.78 Å². The lowest BCUT2D eigenvalue weighted by atomic mass is 10.2. The van der Waals surface area contributed by atoms with E-state index in [0.717, 1.165) is 5.56 Å². The van der Waals surface area contributed by atoms with Crippen molar-refractivity contribution < 1.29 is 19.1 Å². The summed E-state index contributed by atoms with van der Waals surface area (Å²) < 4.78 is 11.7. The van der Waals surface area contributed by atoms with Gasteiger partial charge in [0, 0.05) is 7.05 Å². The van der Waals surface area contributed by atoms with E-state index < -0.39 is 12.1 Å². The standard InChI is InChI=1S/C15H16BrN3O4/c1-3-22-14(20)12-11(16)13(19(2)18-12)17-15(21)23-9-10-7-5-4-6-8-10/h4-8H,3,9H2,1-2H3,(H,17,21). The van der Waals surface area contributed by atoms with Crippen LogP contribution >= 0.6 is 15.9 Å². The summed E-state index contributed by atoms with van der Waals surface area (Å²) in [4.78, 5) is 23.6. The number of carbonyl (C=O) groups excluding carboxylic acids is 2. The number of hydrogen-bond acceptors (Lipinski definition) is 5. The molecule has 0 saturated carbocycles. The molecule has 0 unspecified atom stereocenters. The van der Waals surface area contributed by atoms with E-state index in [0.29, 0.717) is 10.3 Å². The first-order valence-corrected chi connectivity index (χ1v) is 7.69. The molecule has 0 aliphatic heterocycles. The van der Waals surface area contributed by atoms with Gasteiger partial charge in [0.05, 0.1) is 11.1 Å². The summed E-state index contributed by atoms with van der Waals surface area (Å²) in [6.07, 6.45) is -0.645. The molecule has 1 heterocycles. The van der Waals surface area contributed by atoms with Gasteiger partial charge in [-0.2, -0.15) is 5.10 Å². The number of rotatable bonds is 5. The van der Waals surface area contributed by atoms with E-state index in [1.165, 1.54) is 4.68 Å². The van der Waals surface area contributed by atoms with Crippen LogP contribution in [0.15, 0.2) is 34.8 Å². The highest BCUT2D eigenvalue weighted by Crippen LogP contribution is 2.26. The molecule has 1 aromatic carbocycles. The fourth-order valence-electron chi connectivity index (χ4n) is 1.82. The predicted molar refractivity (Wildman–Crippen MR) is 87.1 cm³/mol. The van der Waals surface area contributed by atoms with Gasteiger partial charge in [-0.25, -0.2) is 9.59 Å². The van der Waals surface area contributed by atoms with E-state index >= 15 is 0 Å². The van der Waals surface area contributed by atoms with Crippen LogP contribution in [0.25, 0.3) is 0 Å². The SMILES string of the molecule is CCOC(=O)c1nn(C)c(NC(=O)OCc2ccccc2)c1Br. The Balaban J connectivity index is 2.02. The number of carbonyl (C=O) groups is 2. The third kappa shape index (κ3) is 4.32. The summed E-state index contributed by atoms with van der Waals surface area (Å²) in [5, 5.41) is 6.58. The molecular weight excluding hydrogens is 366 g/mol. The maximum absolute atomic E-state index is 11.9. The number of anilines is 1. The second-order valence-electron chi connectivity index (χ2n) is 4.54. The van der Waals surface area contributed by atoms with Crippen LogP contribution in [0.1, 0.15) is 23.0 Å². The van der Waals surface area contributed by atoms with E-state index in [9.17, 15) is 9.59 Å². The largest absolute Gasteiger partial charge is 0.461 e. The molecule has 0 aliphatic rings. The average Bonchev–Trinajstić information content (AvgIpc) is 2.82. The minimum absolute atomic E-state index is 0.0905. The van der Waals surface area contributed by atoms with Crippen LogP contribution in [-0.4, -0.2) is 28.4 Å². The Morgan fingerprint density at radius 2 is 1.96 bits per heavy atom. The zero-order valence-electron chi connectivity index (χ0n) is 12.7. The molecule has 23 heavy (non-hydrogen) atoms. The molecule has 0 bridgehead atoms. The molecule has 0 saturated heterocycles. The number of nitrogens with zero attached hydrogens (tertiary/aromatic N) is 2. The van der Waals surface area contributed by atoms with Crippen molar-refractivity contribution >= 4 is 33.8 Å². The summed E-state index contributed by atoms with van der Waals surface area (Å²) in [5.74, 6) is -0.258. The number of halogens is 1. The highest BCUT2D eigenvalue weighted by atomic mass is 79.9. The average molecular weight is 382 g/mol. The molecule has 122 valence electrons. The highest BCUT2D eigenvalue weighted by molar-refractivity contribution is 9.10. The van der Waals surface area contributed by atoms with Crippen molar-refractivity contribution in [3.8, 4) is 0 Å². The van der Waals surface area contributed by atoms with Crippen molar-refractivity contribution in [3.63, 3.8) is 0 Å². The summed E-state index contributed by atoms with van der Waals surface area (Å²) in [6.45, 7) is 2.09. The van der Waals surface area contributed by atoms with E-state index in [1.807, 2.05) is 30.3 Å². The van der Waals surface area contributed by atoms with Crippen LogP contribution in [0.4, 0.5) is 10.6 Å². The zero-order valence-corrected chi connectivity index (χ0v) is 14.3. The van der Waals surface area contributed by atoms with Gasteiger partial charge in [0.2, 0.25) is 0 Å². The van der Waals surface area contributed by atoms with E-state index in [4.69, 9.17) is 9.47 Å². The Hall–Kier alpha value is -2.35. The maximum Gasteiger partial charge on any atom is 0.413 e. The van der Waals surface area contributed by atoms with Crippen LogP contribution in [0.3, 0.4) is 0 Å². The molecule has 1 amide bonds. The zero-order chi connectivity index (χ0) is 16.8. The van der Waals surface area contributed by atoms with Crippen LogP contribution < -0.4 is 5.32 Å². The van der Waals surface area contributed by atoms with Gasteiger partial charge in [-0.3, -0.25) is 10.00 Å². The Morgan fingerprint density at radius 1 is 1.26 bits per heavy atom. The number of hydrogen-bond donors (Lipinski definition) is 1. The molecule has 1 aromatic heterocycles. The molecule has 8 heteroatoms. The van der Waals surface area contributed by atoms with Crippen molar-refractivity contribution in [3.05, 3.63) is 46.1 Å². The summed E-state index contributed by atoms with van der Waals surface area (Å²) in [7, 11) is 1.60. The van der Waals surface area contributed by atoms with Crippen molar-refractivity contribution in [2.75, 3.05) is 11.9 Å². The maximum atomic E-state index is 11.9. The molecule has 0 atom stereocenters. The molecule has 0 fully saturated rings. The van der Waals surface area contributed by atoms with E-state index in [1.54, 1.807) is 14.0 Å². The molecule has 0 radical (unpaired) electrons. The number of ether oxygens (including phenoxy) is 2. The fraction of sp³-hybridized carbons (Fsp3) is 0.267. The van der Waals surface area contributed by atoms with Gasteiger partial charge in [0.25, 0.3) is 0 Å². The van der Waals surface area contributed by atoms with Crippen LogP contribution in [0.5, 0.6) is 0 Å². The first-order valence-electron chi connectivity index (χ1n) is 6.90. The van der Waals surface area contributed by atoms with Gasteiger partial charge in [-0.15, -0.1) is 0 Å². The van der Waals surface area contributed by atoms with Gasteiger partial charge in [0.1, 0.15) is 12.4 Å². The number of esters is 1. The third-order valence-corrected chi connectivity index (χ3v) is 3.64. The van der Waals surface area contributed by atoms with Crippen LogP contribution in [-0.2, 0) is 23.1 Å². The molecule has 2 aromatic rings. The summed E-state index contributed by atoms with van der Waals surface area (Å²) in [5.41, 5.74) is 0.964. The monoisotopic (exact) mass is 381 g/mol. The highest BCUT2D eigenvalue weighted by Gasteiger charge is 2.22. The smallest absolute Gasteiger partial charge is 0.413 e.